The molecule has 1 fully saturated rings. The van der Waals surface area contributed by atoms with Crippen molar-refractivity contribution >= 4 is 11.9 Å². The summed E-state index contributed by atoms with van der Waals surface area (Å²) in [5, 5.41) is 4.38. The monoisotopic (exact) mass is 247 g/mol. The van der Waals surface area contributed by atoms with Crippen molar-refractivity contribution in [2.45, 2.75) is 12.8 Å². The molecule has 0 unspecified atom stereocenters. The average Bonchev–Trinajstić information content (AvgIpc) is 2.99. The third-order valence-corrected chi connectivity index (χ3v) is 3.08. The molecule has 6 heteroatoms. The summed E-state index contributed by atoms with van der Waals surface area (Å²) in [6.45, 7) is 1.93. The topological polar surface area (TPSA) is 60.0 Å². The molecule has 1 aliphatic heterocycles. The third kappa shape index (κ3) is 1.90. The fourth-order valence-electron chi connectivity index (χ4n) is 2.14. The molecule has 2 heterocycles. The Bertz CT molecular complexity index is 542. The van der Waals surface area contributed by atoms with Crippen LogP contribution >= 0.6 is 0 Å². The smallest absolute Gasteiger partial charge is 0.246 e. The van der Waals surface area contributed by atoms with Gasteiger partial charge in [-0.2, -0.15) is 9.67 Å². The first-order valence-electron chi connectivity index (χ1n) is 5.97. The summed E-state index contributed by atoms with van der Waals surface area (Å²) >= 11 is 0. The van der Waals surface area contributed by atoms with Crippen molar-refractivity contribution in [2.24, 2.45) is 0 Å². The molecule has 0 aliphatic carbocycles. The van der Waals surface area contributed by atoms with Crippen LogP contribution in [0.2, 0.25) is 0 Å². The summed E-state index contributed by atoms with van der Waals surface area (Å²) < 4.78 is 14.4. The Balaban J connectivity index is 1.94. The van der Waals surface area contributed by atoms with E-state index in [9.17, 15) is 4.39 Å². The number of halogens is 1. The van der Waals surface area contributed by atoms with Crippen molar-refractivity contribution in [3.63, 3.8) is 0 Å². The van der Waals surface area contributed by atoms with Gasteiger partial charge in [-0.1, -0.05) is 0 Å². The number of hydrogen-bond acceptors (Lipinski definition) is 4. The highest BCUT2D eigenvalue weighted by molar-refractivity contribution is 5.43. The van der Waals surface area contributed by atoms with Crippen LogP contribution in [0, 0.1) is 5.82 Å². The number of hydrogen-bond donors (Lipinski definition) is 1. The molecular formula is C12H14FN5. The number of aromatic nitrogens is 3. The number of anilines is 2. The van der Waals surface area contributed by atoms with Crippen LogP contribution in [0.4, 0.5) is 16.3 Å². The predicted molar refractivity (Wildman–Crippen MR) is 67.2 cm³/mol. The molecule has 94 valence electrons. The number of nitrogen functional groups attached to an aromatic ring is 1. The molecular weight excluding hydrogens is 233 g/mol. The van der Waals surface area contributed by atoms with E-state index >= 15 is 0 Å². The van der Waals surface area contributed by atoms with Crippen LogP contribution in [-0.2, 0) is 0 Å². The minimum Gasteiger partial charge on any atom is -0.368 e. The van der Waals surface area contributed by atoms with Gasteiger partial charge in [-0.3, -0.25) is 0 Å². The fraction of sp³-hybridized carbons (Fsp3) is 0.333. The zero-order chi connectivity index (χ0) is 12.5. The Kier molecular flexibility index (Phi) is 2.62. The van der Waals surface area contributed by atoms with Gasteiger partial charge in [0, 0.05) is 13.1 Å². The van der Waals surface area contributed by atoms with Crippen LogP contribution in [0.15, 0.2) is 24.3 Å². The van der Waals surface area contributed by atoms with Gasteiger partial charge in [-0.05, 0) is 37.1 Å². The number of nitrogens with two attached hydrogens (primary N) is 1. The molecule has 0 bridgehead atoms. The van der Waals surface area contributed by atoms with E-state index in [1.54, 1.807) is 12.1 Å². The maximum Gasteiger partial charge on any atom is 0.246 e. The van der Waals surface area contributed by atoms with Crippen LogP contribution in [0.1, 0.15) is 12.8 Å². The van der Waals surface area contributed by atoms with Gasteiger partial charge in [-0.15, -0.1) is 5.10 Å². The standard InChI is InChI=1S/C12H14FN5/c13-9-3-5-10(6-4-9)18-11(14)15-12(16-18)17-7-1-2-8-17/h3-6H,1-2,7-8H2,(H2,14,15,16). The molecule has 0 saturated carbocycles. The summed E-state index contributed by atoms with van der Waals surface area (Å²) in [6.07, 6.45) is 2.32. The summed E-state index contributed by atoms with van der Waals surface area (Å²) in [7, 11) is 0. The van der Waals surface area contributed by atoms with Crippen LogP contribution < -0.4 is 10.6 Å². The van der Waals surface area contributed by atoms with Gasteiger partial charge in [0.25, 0.3) is 0 Å². The summed E-state index contributed by atoms with van der Waals surface area (Å²) in [6, 6.07) is 6.03. The van der Waals surface area contributed by atoms with Crippen molar-refractivity contribution in [1.29, 1.82) is 0 Å². The van der Waals surface area contributed by atoms with Crippen molar-refractivity contribution in [3.8, 4) is 5.69 Å². The van der Waals surface area contributed by atoms with Crippen LogP contribution in [0.5, 0.6) is 0 Å². The largest absolute Gasteiger partial charge is 0.368 e. The van der Waals surface area contributed by atoms with Crippen molar-refractivity contribution < 1.29 is 4.39 Å². The van der Waals surface area contributed by atoms with Gasteiger partial charge in [-0.25, -0.2) is 4.39 Å². The molecule has 1 aromatic carbocycles. The van der Waals surface area contributed by atoms with Gasteiger partial charge < -0.3 is 10.6 Å². The summed E-state index contributed by atoms with van der Waals surface area (Å²) in [5.74, 6) is 0.690. The Morgan fingerprint density at radius 1 is 1.11 bits per heavy atom. The molecule has 2 aromatic rings. The minimum atomic E-state index is -0.280. The van der Waals surface area contributed by atoms with Gasteiger partial charge in [0.1, 0.15) is 5.82 Å². The van der Waals surface area contributed by atoms with Crippen LogP contribution in [0.25, 0.3) is 5.69 Å². The van der Waals surface area contributed by atoms with Crippen molar-refractivity contribution in [2.75, 3.05) is 23.7 Å². The van der Waals surface area contributed by atoms with E-state index in [1.165, 1.54) is 16.8 Å². The lowest BCUT2D eigenvalue weighted by atomic mass is 10.3. The second-order valence-electron chi connectivity index (χ2n) is 4.35. The highest BCUT2D eigenvalue weighted by atomic mass is 19.1. The average molecular weight is 247 g/mol. The molecule has 0 amide bonds. The molecule has 18 heavy (non-hydrogen) atoms. The van der Waals surface area contributed by atoms with Crippen molar-refractivity contribution in [1.82, 2.24) is 14.8 Å². The first-order valence-corrected chi connectivity index (χ1v) is 5.97. The lowest BCUT2D eigenvalue weighted by Gasteiger charge is -2.10. The second-order valence-corrected chi connectivity index (χ2v) is 4.35. The summed E-state index contributed by atoms with van der Waals surface area (Å²) in [4.78, 5) is 6.36. The van der Waals surface area contributed by atoms with E-state index < -0.39 is 0 Å². The van der Waals surface area contributed by atoms with E-state index in [1.807, 2.05) is 0 Å². The third-order valence-electron chi connectivity index (χ3n) is 3.08. The molecule has 1 aliphatic rings. The van der Waals surface area contributed by atoms with Gasteiger partial charge in [0.2, 0.25) is 11.9 Å². The van der Waals surface area contributed by atoms with E-state index in [-0.39, 0.29) is 5.82 Å². The number of benzene rings is 1. The first-order chi connectivity index (χ1) is 8.74. The molecule has 1 saturated heterocycles. The normalized spacial score (nSPS) is 15.3. The lowest BCUT2D eigenvalue weighted by molar-refractivity contribution is 0.627. The minimum absolute atomic E-state index is 0.280. The van der Waals surface area contributed by atoms with E-state index in [0.717, 1.165) is 25.9 Å². The highest BCUT2D eigenvalue weighted by Crippen LogP contribution is 2.20. The van der Waals surface area contributed by atoms with Crippen LogP contribution in [0.3, 0.4) is 0 Å². The second kappa shape index (κ2) is 4.29. The zero-order valence-corrected chi connectivity index (χ0v) is 9.88. The van der Waals surface area contributed by atoms with E-state index in [0.29, 0.717) is 17.6 Å². The molecule has 0 atom stereocenters. The van der Waals surface area contributed by atoms with Gasteiger partial charge in [0.15, 0.2) is 0 Å². The zero-order valence-electron chi connectivity index (χ0n) is 9.88. The molecule has 5 nitrogen and oxygen atoms in total. The van der Waals surface area contributed by atoms with E-state index in [4.69, 9.17) is 5.73 Å². The van der Waals surface area contributed by atoms with Gasteiger partial charge >= 0.3 is 0 Å². The van der Waals surface area contributed by atoms with Gasteiger partial charge in [0.05, 0.1) is 5.69 Å². The molecule has 2 N–H and O–H groups in total. The Morgan fingerprint density at radius 3 is 2.44 bits per heavy atom. The Morgan fingerprint density at radius 2 is 1.78 bits per heavy atom. The highest BCUT2D eigenvalue weighted by Gasteiger charge is 2.18. The Hall–Kier alpha value is -2.11. The first kappa shape index (κ1) is 11.0. The number of rotatable bonds is 2. The molecule has 0 radical (unpaired) electrons. The quantitative estimate of drug-likeness (QED) is 0.875. The number of nitrogens with zero attached hydrogens (tertiary/aromatic N) is 4. The van der Waals surface area contributed by atoms with Crippen LogP contribution in [-0.4, -0.2) is 27.9 Å². The maximum absolute atomic E-state index is 12.9. The Labute approximate surface area is 104 Å². The summed E-state index contributed by atoms with van der Waals surface area (Å²) in [5.41, 5.74) is 6.56. The fourth-order valence-corrected chi connectivity index (χ4v) is 2.14. The molecule has 3 rings (SSSR count). The lowest BCUT2D eigenvalue weighted by Crippen LogP contribution is -2.19. The molecule has 0 spiro atoms. The predicted octanol–water partition coefficient (Wildman–Crippen LogP) is 1.59. The maximum atomic E-state index is 12.9. The van der Waals surface area contributed by atoms with Crippen molar-refractivity contribution in [3.05, 3.63) is 30.1 Å². The SMILES string of the molecule is Nc1nc(N2CCCC2)nn1-c1ccc(F)cc1. The molecule has 1 aromatic heterocycles. The van der Waals surface area contributed by atoms with E-state index in [2.05, 4.69) is 15.0 Å².